The summed E-state index contributed by atoms with van der Waals surface area (Å²) in [5.74, 6) is -0.365. The second-order valence-electron chi connectivity index (χ2n) is 7.06. The Morgan fingerprint density at radius 2 is 1.76 bits per heavy atom. The zero-order chi connectivity index (χ0) is 20.4. The van der Waals surface area contributed by atoms with Gasteiger partial charge >= 0.3 is 5.97 Å². The zero-order valence-electron chi connectivity index (χ0n) is 16.4. The Balaban J connectivity index is 1.75. The van der Waals surface area contributed by atoms with Gasteiger partial charge in [-0.3, -0.25) is 4.79 Å². The molecule has 0 aliphatic rings. The van der Waals surface area contributed by atoms with Crippen molar-refractivity contribution in [1.82, 2.24) is 4.57 Å². The number of pyridine rings is 1. The number of benzene rings is 3. The molecule has 4 nitrogen and oxygen atoms in total. The third kappa shape index (κ3) is 3.69. The summed E-state index contributed by atoms with van der Waals surface area (Å²) in [4.78, 5) is 24.8. The molecule has 0 bridgehead atoms. The van der Waals surface area contributed by atoms with Gasteiger partial charge in [0.05, 0.1) is 19.2 Å². The minimum absolute atomic E-state index is 0.0158. The highest BCUT2D eigenvalue weighted by Gasteiger charge is 2.11. The average Bonchev–Trinajstić information content (AvgIpc) is 2.76. The van der Waals surface area contributed by atoms with E-state index in [1.165, 1.54) is 7.11 Å². The Hall–Kier alpha value is -3.66. The van der Waals surface area contributed by atoms with E-state index in [0.29, 0.717) is 17.5 Å². The van der Waals surface area contributed by atoms with Crippen molar-refractivity contribution in [2.75, 3.05) is 7.11 Å². The van der Waals surface area contributed by atoms with E-state index in [1.54, 1.807) is 10.6 Å². The van der Waals surface area contributed by atoms with E-state index in [2.05, 4.69) is 0 Å². The molecule has 0 unspecified atom stereocenters. The van der Waals surface area contributed by atoms with Crippen LogP contribution >= 0.6 is 0 Å². The van der Waals surface area contributed by atoms with Crippen LogP contribution in [0.2, 0.25) is 0 Å². The molecule has 0 aliphatic carbocycles. The first-order valence-corrected chi connectivity index (χ1v) is 9.43. The van der Waals surface area contributed by atoms with Crippen molar-refractivity contribution in [1.29, 1.82) is 0 Å². The summed E-state index contributed by atoms with van der Waals surface area (Å²) in [6, 6.07) is 23.2. The lowest BCUT2D eigenvalue weighted by atomic mass is 9.96. The van der Waals surface area contributed by atoms with Crippen molar-refractivity contribution in [3.63, 3.8) is 0 Å². The van der Waals surface area contributed by atoms with E-state index >= 15 is 0 Å². The maximum atomic E-state index is 12.9. The molecular weight excluding hydrogens is 362 g/mol. The summed E-state index contributed by atoms with van der Waals surface area (Å²) in [6.45, 7) is 2.54. The van der Waals surface area contributed by atoms with Gasteiger partial charge in [-0.2, -0.15) is 0 Å². The Labute approximate surface area is 169 Å². The Kier molecular flexibility index (Phi) is 5.00. The number of aromatic nitrogens is 1. The summed E-state index contributed by atoms with van der Waals surface area (Å²) in [6.07, 6.45) is 1.83. The molecule has 4 heteroatoms. The second-order valence-corrected chi connectivity index (χ2v) is 7.06. The van der Waals surface area contributed by atoms with E-state index in [4.69, 9.17) is 4.74 Å². The SMILES string of the molecule is COC(=O)c1ccc(C)c(-c2ccc3c(=O)n(Cc4ccccc4)ccc3c2)c1. The number of methoxy groups -OCH3 is 1. The first-order chi connectivity index (χ1) is 14.1. The summed E-state index contributed by atoms with van der Waals surface area (Å²) < 4.78 is 6.55. The molecule has 0 aliphatic heterocycles. The van der Waals surface area contributed by atoms with Crippen LogP contribution in [0, 0.1) is 6.92 Å². The highest BCUT2D eigenvalue weighted by molar-refractivity contribution is 5.93. The third-order valence-corrected chi connectivity index (χ3v) is 5.14. The molecule has 144 valence electrons. The van der Waals surface area contributed by atoms with E-state index in [9.17, 15) is 9.59 Å². The zero-order valence-corrected chi connectivity index (χ0v) is 16.4. The van der Waals surface area contributed by atoms with Crippen LogP contribution in [-0.4, -0.2) is 17.6 Å². The number of aryl methyl sites for hydroxylation is 1. The number of carbonyl (C=O) groups excluding carboxylic acids is 1. The maximum absolute atomic E-state index is 12.9. The average molecular weight is 383 g/mol. The molecule has 0 N–H and O–H groups in total. The largest absolute Gasteiger partial charge is 0.465 e. The standard InChI is InChI=1S/C25H21NO3/c1-17-8-9-21(25(28)29-2)15-23(17)19-10-11-22-20(14-19)12-13-26(24(22)27)16-18-6-4-3-5-7-18/h3-15H,16H2,1-2H3. The molecule has 4 rings (SSSR count). The van der Waals surface area contributed by atoms with Gasteiger partial charge in [0.2, 0.25) is 0 Å². The van der Waals surface area contributed by atoms with Crippen LogP contribution in [0.3, 0.4) is 0 Å². The van der Waals surface area contributed by atoms with Gasteiger partial charge in [-0.05, 0) is 64.9 Å². The molecule has 0 spiro atoms. The van der Waals surface area contributed by atoms with E-state index < -0.39 is 0 Å². The van der Waals surface area contributed by atoms with Crippen molar-refractivity contribution in [3.05, 3.63) is 106 Å². The van der Waals surface area contributed by atoms with Crippen molar-refractivity contribution in [2.24, 2.45) is 0 Å². The molecule has 0 fully saturated rings. The highest BCUT2D eigenvalue weighted by atomic mass is 16.5. The molecule has 0 amide bonds. The molecule has 0 atom stereocenters. The van der Waals surface area contributed by atoms with Crippen molar-refractivity contribution < 1.29 is 9.53 Å². The predicted octanol–water partition coefficient (Wildman–Crippen LogP) is 4.81. The number of nitrogens with zero attached hydrogens (tertiary/aromatic N) is 1. The molecule has 29 heavy (non-hydrogen) atoms. The van der Waals surface area contributed by atoms with E-state index in [0.717, 1.165) is 27.6 Å². The molecule has 0 saturated heterocycles. The van der Waals surface area contributed by atoms with Gasteiger partial charge in [0.15, 0.2) is 0 Å². The number of rotatable bonds is 4. The summed E-state index contributed by atoms with van der Waals surface area (Å²) >= 11 is 0. The molecule has 4 aromatic rings. The monoisotopic (exact) mass is 383 g/mol. The lowest BCUT2D eigenvalue weighted by Crippen LogP contribution is -2.19. The van der Waals surface area contributed by atoms with Crippen molar-refractivity contribution in [2.45, 2.75) is 13.5 Å². The number of hydrogen-bond acceptors (Lipinski definition) is 3. The van der Waals surface area contributed by atoms with Crippen molar-refractivity contribution >= 4 is 16.7 Å². The molecular formula is C25H21NO3. The van der Waals surface area contributed by atoms with Crippen molar-refractivity contribution in [3.8, 4) is 11.1 Å². The number of fused-ring (bicyclic) bond motifs is 1. The van der Waals surface area contributed by atoms with Crippen LogP contribution in [0.4, 0.5) is 0 Å². The van der Waals surface area contributed by atoms with Crippen LogP contribution in [0.1, 0.15) is 21.5 Å². The lowest BCUT2D eigenvalue weighted by Gasteiger charge is -2.11. The Morgan fingerprint density at radius 3 is 2.52 bits per heavy atom. The van der Waals surface area contributed by atoms with Gasteiger partial charge < -0.3 is 9.30 Å². The number of esters is 1. The van der Waals surface area contributed by atoms with Crippen LogP contribution < -0.4 is 5.56 Å². The molecule has 1 aromatic heterocycles. The molecule has 1 heterocycles. The normalized spacial score (nSPS) is 10.8. The lowest BCUT2D eigenvalue weighted by molar-refractivity contribution is 0.0601. The minimum Gasteiger partial charge on any atom is -0.465 e. The van der Waals surface area contributed by atoms with E-state index in [1.807, 2.05) is 79.9 Å². The summed E-state index contributed by atoms with van der Waals surface area (Å²) in [5, 5.41) is 1.55. The Morgan fingerprint density at radius 1 is 0.966 bits per heavy atom. The first-order valence-electron chi connectivity index (χ1n) is 9.43. The Bertz CT molecular complexity index is 1260. The number of ether oxygens (including phenoxy) is 1. The van der Waals surface area contributed by atoms with E-state index in [-0.39, 0.29) is 11.5 Å². The van der Waals surface area contributed by atoms with Gasteiger partial charge in [-0.15, -0.1) is 0 Å². The van der Waals surface area contributed by atoms with Gasteiger partial charge in [0.1, 0.15) is 0 Å². The molecule has 0 radical (unpaired) electrons. The van der Waals surface area contributed by atoms with Gasteiger partial charge in [-0.25, -0.2) is 4.79 Å². The number of carbonyl (C=O) groups is 1. The second kappa shape index (κ2) is 7.76. The smallest absolute Gasteiger partial charge is 0.337 e. The predicted molar refractivity (Wildman–Crippen MR) is 115 cm³/mol. The maximum Gasteiger partial charge on any atom is 0.337 e. The van der Waals surface area contributed by atoms with Gasteiger partial charge in [0, 0.05) is 11.6 Å². The van der Waals surface area contributed by atoms with Crippen LogP contribution in [0.5, 0.6) is 0 Å². The highest BCUT2D eigenvalue weighted by Crippen LogP contribution is 2.27. The fraction of sp³-hybridized carbons (Fsp3) is 0.120. The third-order valence-electron chi connectivity index (χ3n) is 5.14. The minimum atomic E-state index is -0.365. The fourth-order valence-electron chi connectivity index (χ4n) is 3.54. The molecule has 3 aromatic carbocycles. The van der Waals surface area contributed by atoms with Crippen LogP contribution in [-0.2, 0) is 11.3 Å². The van der Waals surface area contributed by atoms with Crippen LogP contribution in [0.15, 0.2) is 83.8 Å². The summed E-state index contributed by atoms with van der Waals surface area (Å²) in [5.41, 5.74) is 4.53. The topological polar surface area (TPSA) is 48.3 Å². The number of hydrogen-bond donors (Lipinski definition) is 0. The quantitative estimate of drug-likeness (QED) is 0.475. The molecule has 0 saturated carbocycles. The van der Waals surface area contributed by atoms with Crippen LogP contribution in [0.25, 0.3) is 21.9 Å². The van der Waals surface area contributed by atoms with Gasteiger partial charge in [0.25, 0.3) is 5.56 Å². The van der Waals surface area contributed by atoms with Gasteiger partial charge in [-0.1, -0.05) is 42.5 Å². The fourth-order valence-corrected chi connectivity index (χ4v) is 3.54. The first kappa shape index (κ1) is 18.7. The summed E-state index contributed by atoms with van der Waals surface area (Å²) in [7, 11) is 1.37.